The third-order valence-electron chi connectivity index (χ3n) is 7.44. The molecule has 0 saturated carbocycles. The Morgan fingerprint density at radius 2 is 0.644 bits per heavy atom. The summed E-state index contributed by atoms with van der Waals surface area (Å²) in [5, 5.41) is 0. The van der Waals surface area contributed by atoms with E-state index < -0.39 is 0 Å². The second-order valence-electron chi connectivity index (χ2n) is 10.5. The lowest BCUT2D eigenvalue weighted by Crippen LogP contribution is -2.08. The van der Waals surface area contributed by atoms with Crippen molar-refractivity contribution in [3.63, 3.8) is 0 Å². The maximum atomic E-state index is 6.61. The predicted octanol–water partition coefficient (Wildman–Crippen LogP) is 5.93. The van der Waals surface area contributed by atoms with Crippen LogP contribution in [0, 0.1) is 0 Å². The van der Waals surface area contributed by atoms with Crippen molar-refractivity contribution < 1.29 is 47.0 Å². The SMILES string of the molecule is c1cc2c(cc1-c1cc(-c3ccc4c(c3)OCCOCCO4)[o+]c(-c3ccc4c(c3)OCCOCCO4)c1)OCCOCCO2. The summed E-state index contributed by atoms with van der Waals surface area (Å²) in [5.41, 5.74) is 3.53. The van der Waals surface area contributed by atoms with Crippen molar-refractivity contribution in [1.29, 1.82) is 0 Å². The summed E-state index contributed by atoms with van der Waals surface area (Å²) in [6.07, 6.45) is 0. The topological polar surface area (TPSA) is 94.4 Å². The molecule has 0 bridgehead atoms. The van der Waals surface area contributed by atoms with Gasteiger partial charge in [0.25, 0.3) is 0 Å². The Hall–Kier alpha value is -4.51. The molecular weight excluding hydrogens is 580 g/mol. The van der Waals surface area contributed by atoms with Gasteiger partial charge in [-0.05, 0) is 42.0 Å². The van der Waals surface area contributed by atoms with Crippen LogP contribution in [0.3, 0.4) is 0 Å². The summed E-state index contributed by atoms with van der Waals surface area (Å²) in [6.45, 7) is 5.66. The van der Waals surface area contributed by atoms with Gasteiger partial charge >= 0.3 is 11.5 Å². The molecule has 10 nitrogen and oxygen atoms in total. The molecule has 7 rings (SSSR count). The number of fused-ring (bicyclic) bond motifs is 3. The monoisotopic (exact) mass is 615 g/mol. The zero-order valence-electron chi connectivity index (χ0n) is 24.9. The molecule has 10 heteroatoms. The highest BCUT2D eigenvalue weighted by molar-refractivity contribution is 5.77. The van der Waals surface area contributed by atoms with Crippen LogP contribution in [0.25, 0.3) is 33.8 Å². The molecule has 0 N–H and O–H groups in total. The lowest BCUT2D eigenvalue weighted by atomic mass is 10.0. The first-order chi connectivity index (χ1) is 22.3. The molecule has 0 aliphatic carbocycles. The summed E-state index contributed by atoms with van der Waals surface area (Å²) in [5.74, 6) is 5.24. The van der Waals surface area contributed by atoms with Gasteiger partial charge in [-0.25, -0.2) is 4.42 Å². The van der Waals surface area contributed by atoms with Crippen molar-refractivity contribution in [2.45, 2.75) is 0 Å². The third kappa shape index (κ3) is 7.09. The molecule has 0 atom stereocenters. The first-order valence-corrected chi connectivity index (χ1v) is 15.2. The third-order valence-corrected chi connectivity index (χ3v) is 7.44. The summed E-state index contributed by atoms with van der Waals surface area (Å²) >= 11 is 0. The molecule has 234 valence electrons. The minimum absolute atomic E-state index is 0.423. The Kier molecular flexibility index (Phi) is 9.13. The summed E-state index contributed by atoms with van der Waals surface area (Å²) in [7, 11) is 0. The van der Waals surface area contributed by atoms with Gasteiger partial charge in [0.15, 0.2) is 34.5 Å². The van der Waals surface area contributed by atoms with Crippen LogP contribution >= 0.6 is 0 Å². The van der Waals surface area contributed by atoms with Gasteiger partial charge in [-0.15, -0.1) is 0 Å². The van der Waals surface area contributed by atoms with E-state index in [1.807, 2.05) is 66.7 Å². The van der Waals surface area contributed by atoms with E-state index in [0.29, 0.717) is 125 Å². The zero-order chi connectivity index (χ0) is 30.3. The molecule has 0 amide bonds. The second-order valence-corrected chi connectivity index (χ2v) is 10.5. The van der Waals surface area contributed by atoms with Crippen molar-refractivity contribution in [1.82, 2.24) is 0 Å². The zero-order valence-corrected chi connectivity index (χ0v) is 24.9. The van der Waals surface area contributed by atoms with Crippen LogP contribution in [-0.2, 0) is 14.2 Å². The Morgan fingerprint density at radius 1 is 0.311 bits per heavy atom. The first kappa shape index (κ1) is 29.2. The van der Waals surface area contributed by atoms with Gasteiger partial charge in [0.2, 0.25) is 0 Å². The van der Waals surface area contributed by atoms with E-state index in [0.717, 1.165) is 22.3 Å². The average Bonchev–Trinajstić information content (AvgIpc) is 3.34. The van der Waals surface area contributed by atoms with Gasteiger partial charge in [-0.3, -0.25) is 0 Å². The summed E-state index contributed by atoms with van der Waals surface area (Å²) in [6, 6.07) is 21.6. The normalized spacial score (nSPS) is 17.1. The van der Waals surface area contributed by atoms with E-state index in [1.54, 1.807) is 0 Å². The molecule has 4 aromatic rings. The fraction of sp³-hybridized carbons (Fsp3) is 0.343. The van der Waals surface area contributed by atoms with Gasteiger partial charge in [-0.1, -0.05) is 6.07 Å². The Balaban J connectivity index is 1.32. The molecule has 1 aromatic heterocycles. The molecule has 0 unspecified atom stereocenters. The van der Waals surface area contributed by atoms with Crippen molar-refractivity contribution in [3.8, 4) is 68.3 Å². The van der Waals surface area contributed by atoms with E-state index >= 15 is 0 Å². The van der Waals surface area contributed by atoms with E-state index in [2.05, 4.69) is 0 Å². The standard InChI is InChI=1S/C35H35O10/c1-4-28-33(42-16-10-36-7-13-39-28)19-24(1)27-22-31(25-2-5-29-34(20-25)43-17-11-37-8-14-40-29)45-32(23-27)26-3-6-30-35(21-26)44-18-12-38-9-15-41-30/h1-6,19-23H,7-18H2/q+1. The molecule has 4 heterocycles. The summed E-state index contributed by atoms with van der Waals surface area (Å²) in [4.78, 5) is 0. The van der Waals surface area contributed by atoms with Gasteiger partial charge in [0.05, 0.1) is 62.9 Å². The van der Waals surface area contributed by atoms with Crippen LogP contribution in [-0.4, -0.2) is 79.3 Å². The number of hydrogen-bond acceptors (Lipinski definition) is 9. The highest BCUT2D eigenvalue weighted by Gasteiger charge is 2.25. The molecule has 3 aliphatic rings. The summed E-state index contributed by atoms with van der Waals surface area (Å²) < 4.78 is 59.0. The van der Waals surface area contributed by atoms with E-state index in [-0.39, 0.29) is 0 Å². The highest BCUT2D eigenvalue weighted by Crippen LogP contribution is 2.41. The molecule has 0 spiro atoms. The van der Waals surface area contributed by atoms with E-state index in [1.165, 1.54) is 0 Å². The van der Waals surface area contributed by atoms with Crippen LogP contribution < -0.4 is 28.4 Å². The van der Waals surface area contributed by atoms with Gasteiger partial charge in [0, 0.05) is 17.7 Å². The van der Waals surface area contributed by atoms with E-state index in [9.17, 15) is 0 Å². The maximum absolute atomic E-state index is 6.61. The van der Waals surface area contributed by atoms with Crippen molar-refractivity contribution >= 4 is 0 Å². The van der Waals surface area contributed by atoms with Crippen LogP contribution in [0.15, 0.2) is 71.1 Å². The average molecular weight is 616 g/mol. The van der Waals surface area contributed by atoms with Crippen molar-refractivity contribution in [3.05, 3.63) is 66.7 Å². The molecule has 0 radical (unpaired) electrons. The molecule has 3 aliphatic heterocycles. The predicted molar refractivity (Wildman–Crippen MR) is 165 cm³/mol. The first-order valence-electron chi connectivity index (χ1n) is 15.2. The number of rotatable bonds is 3. The van der Waals surface area contributed by atoms with Crippen molar-refractivity contribution in [2.75, 3.05) is 79.3 Å². The van der Waals surface area contributed by atoms with Crippen molar-refractivity contribution in [2.24, 2.45) is 0 Å². The minimum atomic E-state index is 0.423. The Bertz CT molecular complexity index is 1420. The highest BCUT2D eigenvalue weighted by atomic mass is 16.6. The number of hydrogen-bond donors (Lipinski definition) is 0. The molecule has 45 heavy (non-hydrogen) atoms. The van der Waals surface area contributed by atoms with Gasteiger partial charge in [-0.2, -0.15) is 0 Å². The Labute approximate surface area is 261 Å². The molecule has 0 fully saturated rings. The minimum Gasteiger partial charge on any atom is -0.487 e. The smallest absolute Gasteiger partial charge is 0.361 e. The quantitative estimate of drug-likeness (QED) is 0.258. The van der Waals surface area contributed by atoms with Gasteiger partial charge < -0.3 is 42.6 Å². The lowest BCUT2D eigenvalue weighted by Gasteiger charge is -2.13. The fourth-order valence-electron chi connectivity index (χ4n) is 5.23. The molecule has 0 saturated heterocycles. The van der Waals surface area contributed by atoms with Crippen LogP contribution in [0.2, 0.25) is 0 Å². The number of ether oxygens (including phenoxy) is 9. The van der Waals surface area contributed by atoms with Crippen LogP contribution in [0.1, 0.15) is 0 Å². The lowest BCUT2D eigenvalue weighted by molar-refractivity contribution is 0.0877. The largest absolute Gasteiger partial charge is 0.487 e. The Morgan fingerprint density at radius 3 is 1.04 bits per heavy atom. The van der Waals surface area contributed by atoms with Gasteiger partial charge in [0.1, 0.15) is 39.6 Å². The molecule has 3 aromatic carbocycles. The molecular formula is C35H35O10+. The maximum Gasteiger partial charge on any atom is 0.361 e. The van der Waals surface area contributed by atoms with E-state index in [4.69, 9.17) is 47.0 Å². The van der Waals surface area contributed by atoms with Crippen LogP contribution in [0.4, 0.5) is 0 Å². The number of benzene rings is 3. The second kappa shape index (κ2) is 14.1. The van der Waals surface area contributed by atoms with Crippen LogP contribution in [0.5, 0.6) is 34.5 Å². The fourth-order valence-corrected chi connectivity index (χ4v) is 5.23.